The number of para-hydroxylation sites is 5. The van der Waals surface area contributed by atoms with Gasteiger partial charge in [0.25, 0.3) is 0 Å². The molecule has 0 fully saturated rings. The molecule has 9 aromatic carbocycles. The van der Waals surface area contributed by atoms with Crippen LogP contribution in [0.2, 0.25) is 0 Å². The molecule has 11 aromatic rings. The van der Waals surface area contributed by atoms with Crippen molar-refractivity contribution in [3.8, 4) is 51.0 Å². The Kier molecular flexibility index (Phi) is 7.47. The first-order chi connectivity index (χ1) is 29.3. The highest BCUT2D eigenvalue weighted by Gasteiger charge is 2.27. The van der Waals surface area contributed by atoms with Gasteiger partial charge in [0.15, 0.2) is 11.5 Å². The van der Waals surface area contributed by atoms with E-state index in [4.69, 9.17) is 14.7 Å². The first kappa shape index (κ1) is 33.2. The molecule has 0 amide bonds. The number of fused-ring (bicyclic) bond motifs is 8. The first-order valence-corrected chi connectivity index (χ1v) is 19.9. The summed E-state index contributed by atoms with van der Waals surface area (Å²) in [6.45, 7) is 0. The van der Waals surface area contributed by atoms with Gasteiger partial charge in [-0.25, -0.2) is 9.97 Å². The maximum absolute atomic E-state index is 6.72. The van der Waals surface area contributed by atoms with Crippen molar-refractivity contribution in [3.63, 3.8) is 0 Å². The number of anilines is 3. The van der Waals surface area contributed by atoms with Gasteiger partial charge in [-0.05, 0) is 82.1 Å². The van der Waals surface area contributed by atoms with Crippen LogP contribution in [-0.4, -0.2) is 14.5 Å². The molecule has 3 heterocycles. The van der Waals surface area contributed by atoms with Crippen molar-refractivity contribution >= 4 is 60.5 Å². The number of rotatable bonds is 5. The lowest BCUT2D eigenvalue weighted by Gasteiger charge is -2.33. The van der Waals surface area contributed by atoms with Crippen LogP contribution in [-0.2, 0) is 0 Å². The zero-order chi connectivity index (χ0) is 38.9. The highest BCUT2D eigenvalue weighted by molar-refractivity contribution is 6.23. The van der Waals surface area contributed by atoms with E-state index in [1.54, 1.807) is 0 Å². The second-order valence-electron chi connectivity index (χ2n) is 15.0. The fourth-order valence-corrected chi connectivity index (χ4v) is 8.92. The predicted molar refractivity (Wildman–Crippen MR) is 242 cm³/mol. The number of aromatic nitrogens is 3. The van der Waals surface area contributed by atoms with E-state index in [1.165, 1.54) is 16.2 Å². The summed E-state index contributed by atoms with van der Waals surface area (Å²) in [5.41, 5.74) is 12.3. The average Bonchev–Trinajstić information content (AvgIpc) is 3.66. The summed E-state index contributed by atoms with van der Waals surface area (Å²) >= 11 is 0. The summed E-state index contributed by atoms with van der Waals surface area (Å²) in [6.07, 6.45) is 0. The van der Waals surface area contributed by atoms with Gasteiger partial charge in [-0.3, -0.25) is 4.57 Å². The Morgan fingerprint density at radius 3 is 2.02 bits per heavy atom. The van der Waals surface area contributed by atoms with Crippen molar-refractivity contribution in [3.05, 3.63) is 206 Å². The largest absolute Gasteiger partial charge is 0.453 e. The van der Waals surface area contributed by atoms with E-state index in [2.05, 4.69) is 198 Å². The van der Waals surface area contributed by atoms with E-state index in [1.807, 2.05) is 18.2 Å². The summed E-state index contributed by atoms with van der Waals surface area (Å²) in [5, 5.41) is 5.68. The number of nitrogens with zero attached hydrogens (tertiary/aromatic N) is 4. The lowest BCUT2D eigenvalue weighted by molar-refractivity contribution is 0.477. The van der Waals surface area contributed by atoms with Crippen molar-refractivity contribution in [2.24, 2.45) is 0 Å². The highest BCUT2D eigenvalue weighted by atomic mass is 16.5. The van der Waals surface area contributed by atoms with Gasteiger partial charge in [-0.2, -0.15) is 0 Å². The van der Waals surface area contributed by atoms with Gasteiger partial charge >= 0.3 is 0 Å². The van der Waals surface area contributed by atoms with E-state index >= 15 is 0 Å². The third-order valence-electron chi connectivity index (χ3n) is 11.6. The predicted octanol–water partition coefficient (Wildman–Crippen LogP) is 14.5. The Morgan fingerprint density at radius 1 is 0.424 bits per heavy atom. The Hall–Kier alpha value is -8.02. The molecule has 12 rings (SSSR count). The fourth-order valence-electron chi connectivity index (χ4n) is 8.92. The number of ether oxygens (including phenoxy) is 1. The highest BCUT2D eigenvalue weighted by Crippen LogP contribution is 2.52. The van der Waals surface area contributed by atoms with Crippen molar-refractivity contribution in [1.82, 2.24) is 14.5 Å². The Morgan fingerprint density at radius 2 is 1.12 bits per heavy atom. The Balaban J connectivity index is 1.12. The molecule has 0 saturated carbocycles. The molecule has 1 aliphatic heterocycles. The summed E-state index contributed by atoms with van der Waals surface area (Å²) in [7, 11) is 0. The SMILES string of the molecule is c1ccc(-c2cccc(-c3nc(-n4c5ccc6ccccc6c5c5cccc(-c6ccc7c(c6)Oc6ccccc6N7c6ccccc6)c54)nc4ccccc34)c2)cc1. The van der Waals surface area contributed by atoms with Crippen LogP contribution < -0.4 is 9.64 Å². The smallest absolute Gasteiger partial charge is 0.235 e. The Bertz CT molecular complexity index is 3430. The number of hydrogen-bond acceptors (Lipinski definition) is 4. The zero-order valence-corrected chi connectivity index (χ0v) is 31.8. The normalized spacial score (nSPS) is 12.2. The molecule has 59 heavy (non-hydrogen) atoms. The average molecular weight is 755 g/mol. The lowest BCUT2D eigenvalue weighted by atomic mass is 9.99. The lowest BCUT2D eigenvalue weighted by Crippen LogP contribution is -2.15. The molecule has 276 valence electrons. The molecule has 5 nitrogen and oxygen atoms in total. The molecule has 0 N–H and O–H groups in total. The van der Waals surface area contributed by atoms with Crippen molar-refractivity contribution < 1.29 is 4.74 Å². The number of benzene rings is 9. The maximum Gasteiger partial charge on any atom is 0.235 e. The van der Waals surface area contributed by atoms with Crippen LogP contribution >= 0.6 is 0 Å². The van der Waals surface area contributed by atoms with Crippen LogP contribution in [0.3, 0.4) is 0 Å². The second-order valence-corrected chi connectivity index (χ2v) is 15.0. The van der Waals surface area contributed by atoms with E-state index < -0.39 is 0 Å². The first-order valence-electron chi connectivity index (χ1n) is 19.9. The van der Waals surface area contributed by atoms with Crippen LogP contribution in [0.15, 0.2) is 206 Å². The minimum Gasteiger partial charge on any atom is -0.453 e. The molecular formula is C54H34N4O. The van der Waals surface area contributed by atoms with E-state index in [0.29, 0.717) is 5.95 Å². The van der Waals surface area contributed by atoms with E-state index in [-0.39, 0.29) is 0 Å². The molecule has 0 radical (unpaired) electrons. The zero-order valence-electron chi connectivity index (χ0n) is 31.8. The molecule has 0 saturated heterocycles. The van der Waals surface area contributed by atoms with Crippen molar-refractivity contribution in [2.75, 3.05) is 4.90 Å². The molecule has 0 spiro atoms. The van der Waals surface area contributed by atoms with Crippen LogP contribution in [0.1, 0.15) is 0 Å². The van der Waals surface area contributed by atoms with E-state index in [9.17, 15) is 0 Å². The second kappa shape index (κ2) is 13.3. The third kappa shape index (κ3) is 5.33. The Labute approximate surface area is 340 Å². The fraction of sp³-hybridized carbons (Fsp3) is 0. The molecule has 0 aliphatic carbocycles. The minimum absolute atomic E-state index is 0.616. The molecule has 2 aromatic heterocycles. The number of hydrogen-bond donors (Lipinski definition) is 0. The van der Waals surface area contributed by atoms with Crippen molar-refractivity contribution in [2.45, 2.75) is 0 Å². The molecular weight excluding hydrogens is 721 g/mol. The van der Waals surface area contributed by atoms with Crippen LogP contribution in [0.5, 0.6) is 11.5 Å². The summed E-state index contributed by atoms with van der Waals surface area (Å²) < 4.78 is 8.99. The van der Waals surface area contributed by atoms with Gasteiger partial charge in [0.05, 0.1) is 33.6 Å². The van der Waals surface area contributed by atoms with Gasteiger partial charge in [0, 0.05) is 33.0 Å². The van der Waals surface area contributed by atoms with Crippen LogP contribution in [0, 0.1) is 0 Å². The monoisotopic (exact) mass is 754 g/mol. The van der Waals surface area contributed by atoms with Gasteiger partial charge in [0.2, 0.25) is 5.95 Å². The van der Waals surface area contributed by atoms with E-state index in [0.717, 1.165) is 89.4 Å². The van der Waals surface area contributed by atoms with Gasteiger partial charge in [0.1, 0.15) is 0 Å². The molecule has 0 atom stereocenters. The van der Waals surface area contributed by atoms with Gasteiger partial charge in [-0.15, -0.1) is 0 Å². The van der Waals surface area contributed by atoms with Crippen molar-refractivity contribution in [1.29, 1.82) is 0 Å². The quantitative estimate of drug-likeness (QED) is 0.175. The minimum atomic E-state index is 0.616. The summed E-state index contributed by atoms with van der Waals surface area (Å²) in [5.74, 6) is 2.22. The molecule has 0 bridgehead atoms. The van der Waals surface area contributed by atoms with Crippen LogP contribution in [0.4, 0.5) is 17.1 Å². The summed E-state index contributed by atoms with van der Waals surface area (Å²) in [4.78, 5) is 13.2. The third-order valence-corrected chi connectivity index (χ3v) is 11.6. The van der Waals surface area contributed by atoms with Crippen LogP contribution in [0.25, 0.3) is 82.9 Å². The van der Waals surface area contributed by atoms with Gasteiger partial charge in [-0.1, -0.05) is 152 Å². The van der Waals surface area contributed by atoms with Gasteiger partial charge < -0.3 is 9.64 Å². The molecule has 1 aliphatic rings. The standard InChI is InChI=1S/C54H34N4O/c1-3-15-35(16-4-1)37-18-13-19-39(33-37)52-43-23-9-10-26-45(43)55-54(56-52)58-48-32-29-36-17-7-8-22-41(36)51(48)44-25-14-24-42(53(44)58)38-30-31-47-50(34-38)59-49-28-12-11-27-46(49)57(47)40-20-5-2-6-21-40/h1-34H. The maximum atomic E-state index is 6.72. The molecule has 5 heteroatoms. The topological polar surface area (TPSA) is 43.2 Å². The molecule has 0 unspecified atom stereocenters. The summed E-state index contributed by atoms with van der Waals surface area (Å²) in [6, 6.07) is 72.4.